The first-order valence-electron chi connectivity index (χ1n) is 28.8. The normalized spacial score (nSPS) is 19.1. The number of aliphatic hydroxyl groups excluding tert-OH is 2. The molecule has 0 spiro atoms. The summed E-state index contributed by atoms with van der Waals surface area (Å²) in [5.74, 6) is -3.32. The lowest BCUT2D eigenvalue weighted by atomic mass is 9.98. The number of hydrogen-bond donors (Lipinski definition) is 3. The van der Waals surface area contributed by atoms with Gasteiger partial charge in [0.1, 0.15) is 18.8 Å². The Morgan fingerprint density at radius 3 is 1.29 bits per heavy atom. The summed E-state index contributed by atoms with van der Waals surface area (Å²) in [5.41, 5.74) is 0. The maximum Gasteiger partial charge on any atom is 0.335 e. The predicted molar refractivity (Wildman–Crippen MR) is 312 cm³/mol. The molecule has 0 radical (unpaired) electrons. The Kier molecular flexibility index (Phi) is 46.4. The van der Waals surface area contributed by atoms with E-state index in [-0.39, 0.29) is 25.9 Å². The van der Waals surface area contributed by atoms with Gasteiger partial charge in [0, 0.05) is 19.3 Å². The molecule has 430 valence electrons. The van der Waals surface area contributed by atoms with E-state index in [1.165, 1.54) is 0 Å². The first-order valence-corrected chi connectivity index (χ1v) is 28.8. The van der Waals surface area contributed by atoms with Gasteiger partial charge in [-0.25, -0.2) is 4.79 Å². The molecule has 0 aliphatic carbocycles. The van der Waals surface area contributed by atoms with Crippen LogP contribution in [-0.2, 0) is 42.9 Å². The predicted octanol–water partition coefficient (Wildman–Crippen LogP) is 14.8. The summed E-state index contributed by atoms with van der Waals surface area (Å²) in [6.07, 6.45) is 61.1. The molecule has 0 amide bonds. The Hall–Kier alpha value is -5.40. The van der Waals surface area contributed by atoms with Crippen LogP contribution in [0.1, 0.15) is 188 Å². The molecule has 0 saturated carbocycles. The Balaban J connectivity index is 2.79. The molecule has 12 heteroatoms. The molecule has 1 fully saturated rings. The molecule has 0 aromatic heterocycles. The van der Waals surface area contributed by atoms with Crippen molar-refractivity contribution in [1.82, 2.24) is 0 Å². The zero-order valence-corrected chi connectivity index (χ0v) is 47.1. The number of carbonyl (C=O) groups excluding carboxylic acids is 3. The Morgan fingerprint density at radius 1 is 0.442 bits per heavy atom. The number of ether oxygens (including phenoxy) is 5. The molecule has 1 heterocycles. The number of unbranched alkanes of at least 4 members (excludes halogenated alkanes) is 8. The molecular weight excluding hydrogens is 973 g/mol. The first-order chi connectivity index (χ1) is 37.6. The molecule has 0 aromatic carbocycles. The second-order valence-corrected chi connectivity index (χ2v) is 18.8. The smallest absolute Gasteiger partial charge is 0.335 e. The third kappa shape index (κ3) is 41.4. The molecule has 6 atom stereocenters. The van der Waals surface area contributed by atoms with Crippen molar-refractivity contribution in [2.75, 3.05) is 13.2 Å². The van der Waals surface area contributed by atoms with Gasteiger partial charge in [0.05, 0.1) is 6.61 Å². The van der Waals surface area contributed by atoms with Gasteiger partial charge in [-0.15, -0.1) is 0 Å². The van der Waals surface area contributed by atoms with Crippen molar-refractivity contribution in [3.63, 3.8) is 0 Å². The Morgan fingerprint density at radius 2 is 0.831 bits per heavy atom. The summed E-state index contributed by atoms with van der Waals surface area (Å²) in [5, 5.41) is 31.4. The van der Waals surface area contributed by atoms with Crippen molar-refractivity contribution >= 4 is 23.9 Å². The summed E-state index contributed by atoms with van der Waals surface area (Å²) >= 11 is 0. The maximum absolute atomic E-state index is 13.1. The third-order valence-electron chi connectivity index (χ3n) is 11.9. The van der Waals surface area contributed by atoms with E-state index in [9.17, 15) is 34.5 Å². The summed E-state index contributed by atoms with van der Waals surface area (Å²) in [6, 6.07) is 0. The monoisotopic (exact) mass is 1070 g/mol. The van der Waals surface area contributed by atoms with Gasteiger partial charge in [0.2, 0.25) is 0 Å². The molecule has 1 aliphatic rings. The number of aliphatic hydroxyl groups is 2. The van der Waals surface area contributed by atoms with E-state index in [1.807, 2.05) is 24.3 Å². The number of rotatable bonds is 46. The van der Waals surface area contributed by atoms with Gasteiger partial charge in [-0.3, -0.25) is 14.4 Å². The number of carboxylic acid groups (broad SMARTS) is 1. The Labute approximate surface area is 463 Å². The van der Waals surface area contributed by atoms with Crippen LogP contribution in [0.25, 0.3) is 0 Å². The largest absolute Gasteiger partial charge is 0.479 e. The van der Waals surface area contributed by atoms with Crippen molar-refractivity contribution in [3.05, 3.63) is 146 Å². The molecule has 0 aromatic rings. The zero-order valence-electron chi connectivity index (χ0n) is 47.1. The van der Waals surface area contributed by atoms with Crippen molar-refractivity contribution in [2.24, 2.45) is 0 Å². The number of carboxylic acids is 1. The minimum Gasteiger partial charge on any atom is -0.479 e. The zero-order chi connectivity index (χ0) is 56.1. The molecule has 0 bridgehead atoms. The highest BCUT2D eigenvalue weighted by molar-refractivity contribution is 5.74. The second-order valence-electron chi connectivity index (χ2n) is 18.8. The van der Waals surface area contributed by atoms with Gasteiger partial charge in [-0.1, -0.05) is 192 Å². The van der Waals surface area contributed by atoms with Gasteiger partial charge in [-0.05, 0) is 122 Å². The number of aliphatic carboxylic acids is 1. The quantitative estimate of drug-likeness (QED) is 0.0228. The van der Waals surface area contributed by atoms with E-state index in [1.54, 1.807) is 0 Å². The lowest BCUT2D eigenvalue weighted by Gasteiger charge is -2.40. The summed E-state index contributed by atoms with van der Waals surface area (Å²) in [4.78, 5) is 51.1. The van der Waals surface area contributed by atoms with Gasteiger partial charge >= 0.3 is 23.9 Å². The Bertz CT molecular complexity index is 1890. The van der Waals surface area contributed by atoms with Crippen LogP contribution in [0.4, 0.5) is 0 Å². The van der Waals surface area contributed by atoms with Gasteiger partial charge in [-0.2, -0.15) is 0 Å². The fourth-order valence-electron chi connectivity index (χ4n) is 7.53. The minimum atomic E-state index is -1.94. The SMILES string of the molecule is CC/C=C\C/C=C\C/C=C\C/C=C\C/C=C\CCCC(=O)OCC(COC1OC(C(=O)O)C(O)C(O)C1OC(=O)CCC/C=C\C/C=C\C/C=C\C/C=C\C/C=C\CC)OC(=O)CCCCCCC/C=C\C/C=C\CCC. The van der Waals surface area contributed by atoms with Crippen molar-refractivity contribution in [1.29, 1.82) is 0 Å². The number of allylic oxidation sites excluding steroid dienone is 24. The topological polar surface area (TPSA) is 175 Å². The van der Waals surface area contributed by atoms with Crippen LogP contribution >= 0.6 is 0 Å². The van der Waals surface area contributed by atoms with Crippen LogP contribution < -0.4 is 0 Å². The average molecular weight is 1070 g/mol. The lowest BCUT2D eigenvalue weighted by Crippen LogP contribution is -2.61. The fourth-order valence-corrected chi connectivity index (χ4v) is 7.53. The lowest BCUT2D eigenvalue weighted by molar-refractivity contribution is -0.301. The van der Waals surface area contributed by atoms with Crippen LogP contribution in [0.2, 0.25) is 0 Å². The van der Waals surface area contributed by atoms with Crippen LogP contribution in [-0.4, -0.2) is 89.2 Å². The molecule has 77 heavy (non-hydrogen) atoms. The van der Waals surface area contributed by atoms with E-state index in [2.05, 4.69) is 142 Å². The first kappa shape index (κ1) is 69.6. The van der Waals surface area contributed by atoms with E-state index in [0.717, 1.165) is 116 Å². The molecule has 12 nitrogen and oxygen atoms in total. The summed E-state index contributed by atoms with van der Waals surface area (Å²) < 4.78 is 28.3. The van der Waals surface area contributed by atoms with Gasteiger partial charge < -0.3 is 39.0 Å². The van der Waals surface area contributed by atoms with E-state index in [0.29, 0.717) is 32.1 Å². The molecule has 6 unspecified atom stereocenters. The highest BCUT2D eigenvalue weighted by atomic mass is 16.7. The summed E-state index contributed by atoms with van der Waals surface area (Å²) in [7, 11) is 0. The molecule has 1 aliphatic heterocycles. The molecule has 1 rings (SSSR count). The number of hydrogen-bond acceptors (Lipinski definition) is 11. The highest BCUT2D eigenvalue weighted by Gasteiger charge is 2.50. The van der Waals surface area contributed by atoms with Crippen molar-refractivity contribution in [2.45, 2.75) is 225 Å². The second kappa shape index (κ2) is 51.4. The van der Waals surface area contributed by atoms with E-state index in [4.69, 9.17) is 23.7 Å². The molecule has 3 N–H and O–H groups in total. The van der Waals surface area contributed by atoms with Crippen LogP contribution in [0, 0.1) is 0 Å². The standard InChI is InChI=1S/C65H98O12/c1-4-7-10-13-16-19-22-25-27-29-31-34-36-39-42-45-48-51-57(66)73-54-56(75-58(67)52-49-46-43-40-37-33-24-21-18-15-12-9-6-3)55-74-65-63(61(70)60(69)62(77-65)64(71)72)76-59(68)53-50-47-44-41-38-35-32-30-28-26-23-20-17-14-11-8-5-2/h7-8,10-12,15-17,19-21,24-28,31-32,34-35,39,41-42,44,56,60-63,65,69-70H,4-6,9,13-14,18,22-23,29-30,33,36-38,40,43,45-55H2,1-3H3,(H,71,72)/b10-7-,11-8-,15-12-,19-16-,20-17-,24-21-,27-25-,28-26-,34-31-,35-32-,42-39-,44-41-. The van der Waals surface area contributed by atoms with Crippen LogP contribution in [0.3, 0.4) is 0 Å². The summed E-state index contributed by atoms with van der Waals surface area (Å²) in [6.45, 7) is 5.58. The van der Waals surface area contributed by atoms with Crippen LogP contribution in [0.15, 0.2) is 146 Å². The van der Waals surface area contributed by atoms with Crippen molar-refractivity contribution < 1.29 is 58.2 Å². The average Bonchev–Trinajstić information content (AvgIpc) is 3.42. The van der Waals surface area contributed by atoms with E-state index >= 15 is 0 Å². The number of esters is 3. The molecular formula is C65H98O12. The third-order valence-corrected chi connectivity index (χ3v) is 11.9. The van der Waals surface area contributed by atoms with Crippen molar-refractivity contribution in [3.8, 4) is 0 Å². The van der Waals surface area contributed by atoms with Gasteiger partial charge in [0.25, 0.3) is 0 Å². The molecule has 1 saturated heterocycles. The maximum atomic E-state index is 13.1. The number of carbonyl (C=O) groups is 4. The van der Waals surface area contributed by atoms with Crippen LogP contribution in [0.5, 0.6) is 0 Å². The van der Waals surface area contributed by atoms with E-state index < -0.39 is 67.3 Å². The fraction of sp³-hybridized carbons (Fsp3) is 0.569. The highest BCUT2D eigenvalue weighted by Crippen LogP contribution is 2.26. The minimum absolute atomic E-state index is 0.0337. The van der Waals surface area contributed by atoms with Gasteiger partial charge in [0.15, 0.2) is 24.6 Å².